The summed E-state index contributed by atoms with van der Waals surface area (Å²) >= 11 is 0. The van der Waals surface area contributed by atoms with Crippen LogP contribution in [0, 0.1) is 5.41 Å². The lowest BCUT2D eigenvalue weighted by molar-refractivity contribution is -0.168. The van der Waals surface area contributed by atoms with Crippen molar-refractivity contribution in [2.45, 2.75) is 71.1 Å². The Hall–Kier alpha value is -0.810. The molecule has 0 aliphatic heterocycles. The first-order chi connectivity index (χ1) is 10.5. The molecule has 2 rings (SSSR count). The second kappa shape index (κ2) is 7.18. The molecule has 2 aliphatic carbocycles. The quantitative estimate of drug-likeness (QED) is 0.560. The van der Waals surface area contributed by atoms with Gasteiger partial charge in [-0.25, -0.2) is 0 Å². The van der Waals surface area contributed by atoms with Gasteiger partial charge in [-0.3, -0.25) is 4.99 Å². The van der Waals surface area contributed by atoms with Gasteiger partial charge in [0.25, 0.3) is 0 Å². The van der Waals surface area contributed by atoms with Crippen LogP contribution in [0.5, 0.6) is 0 Å². The minimum atomic E-state index is -0.232. The zero-order chi connectivity index (χ0) is 16.2. The lowest BCUT2D eigenvalue weighted by Crippen LogP contribution is -2.68. The molecule has 0 heterocycles. The van der Waals surface area contributed by atoms with Gasteiger partial charge in [-0.05, 0) is 47.0 Å². The van der Waals surface area contributed by atoms with Crippen LogP contribution in [0.3, 0.4) is 0 Å². The highest BCUT2D eigenvalue weighted by Gasteiger charge is 2.59. The van der Waals surface area contributed by atoms with Gasteiger partial charge in [0.2, 0.25) is 0 Å². The van der Waals surface area contributed by atoms with Crippen molar-refractivity contribution in [3.63, 3.8) is 0 Å². The molecule has 0 amide bonds. The molecule has 0 bridgehead atoms. The van der Waals surface area contributed by atoms with Crippen LogP contribution >= 0.6 is 0 Å². The maximum atomic E-state index is 5.92. The van der Waals surface area contributed by atoms with E-state index in [1.54, 1.807) is 7.11 Å². The molecule has 0 saturated heterocycles. The van der Waals surface area contributed by atoms with E-state index in [0.717, 1.165) is 25.5 Å². The van der Waals surface area contributed by atoms with Gasteiger partial charge in [0.1, 0.15) is 0 Å². The molecule has 5 heteroatoms. The van der Waals surface area contributed by atoms with E-state index in [0.29, 0.717) is 24.1 Å². The Labute approximate surface area is 135 Å². The predicted molar refractivity (Wildman–Crippen MR) is 90.3 cm³/mol. The first-order valence-corrected chi connectivity index (χ1v) is 8.69. The standard InChI is InChI=1S/C17H33N3O2/c1-6-18-15(19-12-16(3,4)21-5)20-13-11-14(22-7-2)17(13)9-8-10-17/h13-14H,6-12H2,1-5H3,(H2,18,19,20). The fraction of sp³-hybridized carbons (Fsp3) is 0.941. The first-order valence-electron chi connectivity index (χ1n) is 8.69. The van der Waals surface area contributed by atoms with E-state index >= 15 is 0 Å². The number of rotatable bonds is 7. The van der Waals surface area contributed by atoms with E-state index < -0.39 is 0 Å². The monoisotopic (exact) mass is 311 g/mol. The summed E-state index contributed by atoms with van der Waals surface area (Å²) in [6.45, 7) is 10.6. The van der Waals surface area contributed by atoms with E-state index in [9.17, 15) is 0 Å². The SMILES string of the molecule is CCNC(=NCC(C)(C)OC)NC1CC(OCC)C12CCC2. The molecule has 2 saturated carbocycles. The highest BCUT2D eigenvalue weighted by atomic mass is 16.5. The number of hydrogen-bond acceptors (Lipinski definition) is 3. The fourth-order valence-electron chi connectivity index (χ4n) is 3.46. The smallest absolute Gasteiger partial charge is 0.191 e. The molecule has 2 aliphatic rings. The van der Waals surface area contributed by atoms with Gasteiger partial charge in [0.15, 0.2) is 5.96 Å². The Morgan fingerprint density at radius 2 is 2.05 bits per heavy atom. The van der Waals surface area contributed by atoms with Crippen molar-refractivity contribution in [3.05, 3.63) is 0 Å². The van der Waals surface area contributed by atoms with E-state index in [1.165, 1.54) is 19.3 Å². The summed E-state index contributed by atoms with van der Waals surface area (Å²) in [6, 6.07) is 0.487. The number of ether oxygens (including phenoxy) is 2. The van der Waals surface area contributed by atoms with Crippen molar-refractivity contribution in [3.8, 4) is 0 Å². The summed E-state index contributed by atoms with van der Waals surface area (Å²) in [5.74, 6) is 0.902. The number of hydrogen-bond donors (Lipinski definition) is 2. The van der Waals surface area contributed by atoms with Crippen LogP contribution in [0.1, 0.15) is 53.4 Å². The molecule has 0 aromatic rings. The van der Waals surface area contributed by atoms with Crippen LogP contribution in [0.15, 0.2) is 4.99 Å². The molecule has 22 heavy (non-hydrogen) atoms. The zero-order valence-electron chi connectivity index (χ0n) is 14.9. The average Bonchev–Trinajstić information content (AvgIpc) is 2.41. The van der Waals surface area contributed by atoms with Crippen LogP contribution in [0.4, 0.5) is 0 Å². The highest BCUT2D eigenvalue weighted by Crippen LogP contribution is 2.57. The average molecular weight is 311 g/mol. The van der Waals surface area contributed by atoms with Gasteiger partial charge in [-0.15, -0.1) is 0 Å². The summed E-state index contributed by atoms with van der Waals surface area (Å²) in [6.07, 6.45) is 5.40. The Balaban J connectivity index is 1.95. The summed E-state index contributed by atoms with van der Waals surface area (Å²) in [5, 5.41) is 6.99. The summed E-state index contributed by atoms with van der Waals surface area (Å²) in [5.41, 5.74) is 0.118. The molecule has 2 unspecified atom stereocenters. The summed E-state index contributed by atoms with van der Waals surface area (Å²) in [7, 11) is 1.73. The second-order valence-corrected chi connectivity index (χ2v) is 7.12. The van der Waals surface area contributed by atoms with Crippen LogP contribution < -0.4 is 10.6 Å². The first kappa shape index (κ1) is 17.5. The molecule has 2 N–H and O–H groups in total. The molecule has 0 aromatic carbocycles. The van der Waals surface area contributed by atoms with E-state index in [1.807, 2.05) is 0 Å². The van der Waals surface area contributed by atoms with E-state index in [2.05, 4.69) is 38.3 Å². The number of methoxy groups -OCH3 is 1. The topological polar surface area (TPSA) is 54.9 Å². The Morgan fingerprint density at radius 1 is 1.32 bits per heavy atom. The molecule has 128 valence electrons. The third-order valence-electron chi connectivity index (χ3n) is 5.26. The molecular weight excluding hydrogens is 278 g/mol. The van der Waals surface area contributed by atoms with Gasteiger partial charge in [-0.2, -0.15) is 0 Å². The Bertz CT molecular complexity index is 391. The zero-order valence-corrected chi connectivity index (χ0v) is 14.9. The Morgan fingerprint density at radius 3 is 2.55 bits per heavy atom. The van der Waals surface area contributed by atoms with Crippen molar-refractivity contribution >= 4 is 5.96 Å². The summed E-state index contributed by atoms with van der Waals surface area (Å²) < 4.78 is 11.4. The van der Waals surface area contributed by atoms with Gasteiger partial charge in [0.05, 0.1) is 18.2 Å². The Kier molecular flexibility index (Phi) is 5.72. The lowest BCUT2D eigenvalue weighted by atomic mass is 9.51. The van der Waals surface area contributed by atoms with Crippen molar-refractivity contribution in [1.82, 2.24) is 10.6 Å². The second-order valence-electron chi connectivity index (χ2n) is 7.12. The van der Waals surface area contributed by atoms with Crippen LogP contribution in [-0.4, -0.2) is 50.5 Å². The molecular formula is C17H33N3O2. The summed E-state index contributed by atoms with van der Waals surface area (Å²) in [4.78, 5) is 4.70. The van der Waals surface area contributed by atoms with Gasteiger partial charge in [0, 0.05) is 31.7 Å². The predicted octanol–water partition coefficient (Wildman–Crippen LogP) is 2.31. The maximum absolute atomic E-state index is 5.92. The number of nitrogens with zero attached hydrogens (tertiary/aromatic N) is 1. The molecule has 1 spiro atoms. The lowest BCUT2D eigenvalue weighted by Gasteiger charge is -2.61. The normalized spacial score (nSPS) is 27.2. The van der Waals surface area contributed by atoms with Gasteiger partial charge < -0.3 is 20.1 Å². The largest absolute Gasteiger partial charge is 0.378 e. The van der Waals surface area contributed by atoms with Crippen LogP contribution in [0.25, 0.3) is 0 Å². The van der Waals surface area contributed by atoms with Crippen LogP contribution in [-0.2, 0) is 9.47 Å². The van der Waals surface area contributed by atoms with E-state index in [4.69, 9.17) is 14.5 Å². The third kappa shape index (κ3) is 3.57. The number of aliphatic imine (C=N–C) groups is 1. The molecule has 5 nitrogen and oxygen atoms in total. The number of nitrogens with one attached hydrogen (secondary N) is 2. The van der Waals surface area contributed by atoms with Crippen molar-refractivity contribution < 1.29 is 9.47 Å². The highest BCUT2D eigenvalue weighted by molar-refractivity contribution is 5.80. The molecule has 0 radical (unpaired) electrons. The molecule has 0 aromatic heterocycles. The van der Waals surface area contributed by atoms with Crippen molar-refractivity contribution in [2.75, 3.05) is 26.8 Å². The van der Waals surface area contributed by atoms with E-state index in [-0.39, 0.29) is 5.60 Å². The van der Waals surface area contributed by atoms with Crippen molar-refractivity contribution in [2.24, 2.45) is 10.4 Å². The van der Waals surface area contributed by atoms with Gasteiger partial charge in [-0.1, -0.05) is 6.42 Å². The maximum Gasteiger partial charge on any atom is 0.191 e. The van der Waals surface area contributed by atoms with Crippen LogP contribution in [0.2, 0.25) is 0 Å². The number of guanidine groups is 1. The molecule has 2 fully saturated rings. The molecule has 2 atom stereocenters. The fourth-order valence-corrected chi connectivity index (χ4v) is 3.46. The third-order valence-corrected chi connectivity index (χ3v) is 5.26. The van der Waals surface area contributed by atoms with Crippen molar-refractivity contribution in [1.29, 1.82) is 0 Å². The van der Waals surface area contributed by atoms with Gasteiger partial charge >= 0.3 is 0 Å². The minimum absolute atomic E-state index is 0.232. The minimum Gasteiger partial charge on any atom is -0.378 e.